The molecular formula is C16H26N2O2. The van der Waals surface area contributed by atoms with Crippen LogP contribution in [0, 0.1) is 0 Å². The number of hydrogen-bond acceptors (Lipinski definition) is 4. The number of morpholine rings is 1. The molecule has 1 aromatic carbocycles. The van der Waals surface area contributed by atoms with Crippen molar-refractivity contribution >= 4 is 0 Å². The molecule has 1 fully saturated rings. The minimum absolute atomic E-state index is 0.743. The molecule has 20 heavy (non-hydrogen) atoms. The summed E-state index contributed by atoms with van der Waals surface area (Å²) in [5.41, 5.74) is 6.86. The summed E-state index contributed by atoms with van der Waals surface area (Å²) in [6.07, 6.45) is 3.36. The van der Waals surface area contributed by atoms with Crippen LogP contribution >= 0.6 is 0 Å². The van der Waals surface area contributed by atoms with Crippen LogP contribution in [0.4, 0.5) is 0 Å². The van der Waals surface area contributed by atoms with E-state index in [4.69, 9.17) is 15.2 Å². The van der Waals surface area contributed by atoms with E-state index in [-0.39, 0.29) is 0 Å². The van der Waals surface area contributed by atoms with Gasteiger partial charge in [-0.25, -0.2) is 0 Å². The van der Waals surface area contributed by atoms with Crippen LogP contribution in [-0.4, -0.2) is 50.9 Å². The molecule has 1 aromatic rings. The fourth-order valence-corrected chi connectivity index (χ4v) is 2.34. The Kier molecular flexibility index (Phi) is 6.84. The SMILES string of the molecule is NCCCCc1ccc(OCCN2CCOCC2)cc1. The average Bonchev–Trinajstić information content (AvgIpc) is 2.50. The van der Waals surface area contributed by atoms with Crippen LogP contribution in [0.5, 0.6) is 5.75 Å². The molecule has 0 bridgehead atoms. The number of benzene rings is 1. The predicted molar refractivity (Wildman–Crippen MR) is 81.2 cm³/mol. The molecule has 1 saturated heterocycles. The van der Waals surface area contributed by atoms with Gasteiger partial charge in [-0.2, -0.15) is 0 Å². The Morgan fingerprint density at radius 3 is 2.55 bits per heavy atom. The number of nitrogens with two attached hydrogens (primary N) is 1. The van der Waals surface area contributed by atoms with Crippen LogP contribution in [0.15, 0.2) is 24.3 Å². The lowest BCUT2D eigenvalue weighted by Gasteiger charge is -2.26. The van der Waals surface area contributed by atoms with E-state index in [1.807, 2.05) is 0 Å². The van der Waals surface area contributed by atoms with E-state index in [9.17, 15) is 0 Å². The molecule has 0 aliphatic carbocycles. The van der Waals surface area contributed by atoms with Crippen LogP contribution in [0.1, 0.15) is 18.4 Å². The highest BCUT2D eigenvalue weighted by atomic mass is 16.5. The molecule has 0 spiro atoms. The number of unbranched alkanes of at least 4 members (excludes halogenated alkanes) is 1. The molecule has 0 aromatic heterocycles. The number of hydrogen-bond donors (Lipinski definition) is 1. The van der Waals surface area contributed by atoms with Crippen molar-refractivity contribution < 1.29 is 9.47 Å². The van der Waals surface area contributed by atoms with Gasteiger partial charge in [0.15, 0.2) is 0 Å². The first-order chi connectivity index (χ1) is 9.88. The maximum Gasteiger partial charge on any atom is 0.119 e. The van der Waals surface area contributed by atoms with Crippen LogP contribution in [-0.2, 0) is 11.2 Å². The van der Waals surface area contributed by atoms with Gasteiger partial charge in [0.2, 0.25) is 0 Å². The van der Waals surface area contributed by atoms with Gasteiger partial charge in [-0.3, -0.25) is 4.90 Å². The first-order valence-corrected chi connectivity index (χ1v) is 7.60. The highest BCUT2D eigenvalue weighted by Gasteiger charge is 2.09. The van der Waals surface area contributed by atoms with Gasteiger partial charge in [0.1, 0.15) is 12.4 Å². The standard InChI is InChI=1S/C16H26N2O2/c17-8-2-1-3-15-4-6-16(7-5-15)20-14-11-18-9-12-19-13-10-18/h4-7H,1-3,8-14,17H2. The fraction of sp³-hybridized carbons (Fsp3) is 0.625. The topological polar surface area (TPSA) is 47.7 Å². The summed E-state index contributed by atoms with van der Waals surface area (Å²) in [7, 11) is 0. The zero-order valence-electron chi connectivity index (χ0n) is 12.2. The van der Waals surface area contributed by atoms with E-state index in [1.54, 1.807) is 0 Å². The molecule has 0 amide bonds. The molecule has 0 saturated carbocycles. The van der Waals surface area contributed by atoms with Crippen LogP contribution < -0.4 is 10.5 Å². The van der Waals surface area contributed by atoms with E-state index < -0.39 is 0 Å². The molecule has 4 nitrogen and oxygen atoms in total. The zero-order valence-corrected chi connectivity index (χ0v) is 12.2. The van der Waals surface area contributed by atoms with E-state index in [2.05, 4.69) is 29.2 Å². The van der Waals surface area contributed by atoms with E-state index in [1.165, 1.54) is 5.56 Å². The normalized spacial score (nSPS) is 16.2. The Bertz CT molecular complexity index is 361. The molecule has 4 heteroatoms. The molecule has 2 rings (SSSR count). The Hall–Kier alpha value is -1.10. The number of aryl methyl sites for hydroxylation is 1. The molecule has 0 atom stereocenters. The lowest BCUT2D eigenvalue weighted by molar-refractivity contribution is 0.0322. The highest BCUT2D eigenvalue weighted by molar-refractivity contribution is 5.27. The van der Waals surface area contributed by atoms with Gasteiger partial charge in [0.25, 0.3) is 0 Å². The zero-order chi connectivity index (χ0) is 14.0. The fourth-order valence-electron chi connectivity index (χ4n) is 2.34. The van der Waals surface area contributed by atoms with Crippen LogP contribution in [0.3, 0.4) is 0 Å². The predicted octanol–water partition coefficient (Wildman–Crippen LogP) is 1.68. The van der Waals surface area contributed by atoms with Crippen molar-refractivity contribution in [2.45, 2.75) is 19.3 Å². The monoisotopic (exact) mass is 278 g/mol. The Morgan fingerprint density at radius 1 is 1.10 bits per heavy atom. The third-order valence-corrected chi connectivity index (χ3v) is 3.62. The summed E-state index contributed by atoms with van der Waals surface area (Å²) in [4.78, 5) is 2.38. The van der Waals surface area contributed by atoms with Gasteiger partial charge >= 0.3 is 0 Å². The molecule has 2 N–H and O–H groups in total. The Morgan fingerprint density at radius 2 is 1.85 bits per heavy atom. The Labute approximate surface area is 121 Å². The smallest absolute Gasteiger partial charge is 0.119 e. The lowest BCUT2D eigenvalue weighted by Crippen LogP contribution is -2.38. The van der Waals surface area contributed by atoms with Gasteiger partial charge in [-0.15, -0.1) is 0 Å². The minimum atomic E-state index is 0.743. The number of nitrogens with zero attached hydrogens (tertiary/aromatic N) is 1. The molecule has 1 aliphatic rings. The van der Waals surface area contributed by atoms with Crippen molar-refractivity contribution in [2.24, 2.45) is 5.73 Å². The van der Waals surface area contributed by atoms with Crippen molar-refractivity contribution in [3.05, 3.63) is 29.8 Å². The summed E-state index contributed by atoms with van der Waals surface area (Å²) >= 11 is 0. The molecule has 0 radical (unpaired) electrons. The van der Waals surface area contributed by atoms with Crippen molar-refractivity contribution in [3.8, 4) is 5.75 Å². The van der Waals surface area contributed by atoms with Crippen molar-refractivity contribution in [1.29, 1.82) is 0 Å². The summed E-state index contributed by atoms with van der Waals surface area (Å²) in [5, 5.41) is 0. The quantitative estimate of drug-likeness (QED) is 0.735. The lowest BCUT2D eigenvalue weighted by atomic mass is 10.1. The third-order valence-electron chi connectivity index (χ3n) is 3.62. The second-order valence-electron chi connectivity index (χ2n) is 5.19. The number of rotatable bonds is 8. The molecule has 0 unspecified atom stereocenters. The number of ether oxygens (including phenoxy) is 2. The van der Waals surface area contributed by atoms with Crippen LogP contribution in [0.25, 0.3) is 0 Å². The maximum atomic E-state index is 5.79. The molecular weight excluding hydrogens is 252 g/mol. The van der Waals surface area contributed by atoms with Gasteiger partial charge in [0, 0.05) is 19.6 Å². The molecule has 1 aliphatic heterocycles. The first-order valence-electron chi connectivity index (χ1n) is 7.60. The second-order valence-corrected chi connectivity index (χ2v) is 5.19. The van der Waals surface area contributed by atoms with Crippen molar-refractivity contribution in [2.75, 3.05) is 46.0 Å². The van der Waals surface area contributed by atoms with Gasteiger partial charge < -0.3 is 15.2 Å². The molecule has 112 valence electrons. The van der Waals surface area contributed by atoms with Crippen LogP contribution in [0.2, 0.25) is 0 Å². The van der Waals surface area contributed by atoms with Crippen molar-refractivity contribution in [3.63, 3.8) is 0 Å². The van der Waals surface area contributed by atoms with E-state index in [0.717, 1.165) is 71.0 Å². The summed E-state index contributed by atoms with van der Waals surface area (Å²) in [6, 6.07) is 8.44. The third kappa shape index (κ3) is 5.49. The van der Waals surface area contributed by atoms with Gasteiger partial charge in [-0.1, -0.05) is 12.1 Å². The Balaban J connectivity index is 1.65. The second kappa shape index (κ2) is 8.95. The van der Waals surface area contributed by atoms with Gasteiger partial charge in [-0.05, 0) is 43.5 Å². The largest absolute Gasteiger partial charge is 0.492 e. The minimum Gasteiger partial charge on any atom is -0.492 e. The summed E-state index contributed by atoms with van der Waals surface area (Å²) in [6.45, 7) is 6.22. The summed E-state index contributed by atoms with van der Waals surface area (Å²) < 4.78 is 11.1. The average molecular weight is 278 g/mol. The highest BCUT2D eigenvalue weighted by Crippen LogP contribution is 2.14. The van der Waals surface area contributed by atoms with E-state index >= 15 is 0 Å². The summed E-state index contributed by atoms with van der Waals surface area (Å²) in [5.74, 6) is 0.959. The van der Waals surface area contributed by atoms with Gasteiger partial charge in [0.05, 0.1) is 13.2 Å². The van der Waals surface area contributed by atoms with E-state index in [0.29, 0.717) is 0 Å². The first kappa shape index (κ1) is 15.3. The molecule has 1 heterocycles. The van der Waals surface area contributed by atoms with Crippen molar-refractivity contribution in [1.82, 2.24) is 4.90 Å². The maximum absolute atomic E-state index is 5.79.